The molecule has 1 heterocycles. The van der Waals surface area contributed by atoms with Crippen LogP contribution >= 0.6 is 0 Å². The molecule has 1 unspecified atom stereocenters. The Balaban J connectivity index is 1.81. The predicted molar refractivity (Wildman–Crippen MR) is 73.7 cm³/mol. The van der Waals surface area contributed by atoms with Crippen molar-refractivity contribution in [3.63, 3.8) is 0 Å². The lowest BCUT2D eigenvalue weighted by molar-refractivity contribution is 0.172. The number of benzene rings is 1. The molecule has 1 atom stereocenters. The summed E-state index contributed by atoms with van der Waals surface area (Å²) in [6.07, 6.45) is 1.83. The van der Waals surface area contributed by atoms with E-state index < -0.39 is 0 Å². The Labute approximate surface area is 112 Å². The summed E-state index contributed by atoms with van der Waals surface area (Å²) in [5.74, 6) is 0.666. The molecule has 0 aliphatic carbocycles. The normalized spacial score (nSPS) is 13.0. The Bertz CT molecular complexity index is 526. The predicted octanol–water partition coefficient (Wildman–Crippen LogP) is 2.26. The molecule has 4 nitrogen and oxygen atoms in total. The molecule has 0 aliphatic rings. The average Bonchev–Trinajstić information content (AvgIpc) is 2.77. The molecular formula is C14H20FN3O. The van der Waals surface area contributed by atoms with Crippen LogP contribution in [-0.4, -0.2) is 36.3 Å². The van der Waals surface area contributed by atoms with Crippen molar-refractivity contribution in [3.05, 3.63) is 29.8 Å². The summed E-state index contributed by atoms with van der Waals surface area (Å²) in [7, 11) is 1.70. The van der Waals surface area contributed by atoms with Gasteiger partial charge in [-0.2, -0.15) is 0 Å². The summed E-state index contributed by atoms with van der Waals surface area (Å²) in [5.41, 5.74) is 1.58. The summed E-state index contributed by atoms with van der Waals surface area (Å²) < 4.78 is 18.1. The standard InChI is InChI=1S/C14H20FN3O/c1-10(9-19-2)16-7-3-4-14-17-12-6-5-11(15)8-13(12)18-14/h5-6,8,10,16H,3-4,7,9H2,1-2H3,(H,17,18). The van der Waals surface area contributed by atoms with Gasteiger partial charge in [0.15, 0.2) is 0 Å². The Morgan fingerprint density at radius 1 is 1.47 bits per heavy atom. The van der Waals surface area contributed by atoms with Crippen LogP contribution in [0.5, 0.6) is 0 Å². The van der Waals surface area contributed by atoms with Gasteiger partial charge in [0.05, 0.1) is 17.6 Å². The average molecular weight is 265 g/mol. The maximum Gasteiger partial charge on any atom is 0.125 e. The summed E-state index contributed by atoms with van der Waals surface area (Å²) in [5, 5.41) is 3.37. The first-order valence-electron chi connectivity index (χ1n) is 6.55. The van der Waals surface area contributed by atoms with Gasteiger partial charge in [-0.25, -0.2) is 9.37 Å². The maximum atomic E-state index is 13.0. The van der Waals surface area contributed by atoms with E-state index in [0.29, 0.717) is 12.6 Å². The minimum Gasteiger partial charge on any atom is -0.383 e. The molecule has 0 radical (unpaired) electrons. The number of halogens is 1. The lowest BCUT2D eigenvalue weighted by Crippen LogP contribution is -2.31. The number of H-pyrrole nitrogens is 1. The van der Waals surface area contributed by atoms with Crippen molar-refractivity contribution in [3.8, 4) is 0 Å². The molecule has 0 bridgehead atoms. The van der Waals surface area contributed by atoms with Crippen LogP contribution in [0.1, 0.15) is 19.2 Å². The fourth-order valence-corrected chi connectivity index (χ4v) is 2.07. The number of rotatable bonds is 7. The van der Waals surface area contributed by atoms with Crippen LogP contribution in [0.25, 0.3) is 11.0 Å². The molecule has 5 heteroatoms. The van der Waals surface area contributed by atoms with Crippen LogP contribution in [0.15, 0.2) is 18.2 Å². The van der Waals surface area contributed by atoms with Crippen molar-refractivity contribution in [1.29, 1.82) is 0 Å². The number of aromatic amines is 1. The van der Waals surface area contributed by atoms with Crippen LogP contribution in [0.3, 0.4) is 0 Å². The number of fused-ring (bicyclic) bond motifs is 1. The molecule has 2 aromatic rings. The highest BCUT2D eigenvalue weighted by Gasteiger charge is 2.04. The summed E-state index contributed by atoms with van der Waals surface area (Å²) in [4.78, 5) is 7.58. The monoisotopic (exact) mass is 265 g/mol. The van der Waals surface area contributed by atoms with Crippen LogP contribution in [0.4, 0.5) is 4.39 Å². The Kier molecular flexibility index (Phi) is 4.87. The fraction of sp³-hybridized carbons (Fsp3) is 0.500. The number of ether oxygens (including phenoxy) is 1. The Morgan fingerprint density at radius 3 is 3.11 bits per heavy atom. The zero-order valence-corrected chi connectivity index (χ0v) is 11.4. The second kappa shape index (κ2) is 6.63. The third-order valence-corrected chi connectivity index (χ3v) is 2.99. The zero-order valence-electron chi connectivity index (χ0n) is 11.4. The van der Waals surface area contributed by atoms with Gasteiger partial charge in [0, 0.05) is 19.6 Å². The molecule has 0 spiro atoms. The molecule has 0 amide bonds. The van der Waals surface area contributed by atoms with E-state index in [9.17, 15) is 4.39 Å². The fourth-order valence-electron chi connectivity index (χ4n) is 2.07. The number of nitrogens with zero attached hydrogens (tertiary/aromatic N) is 1. The number of hydrogen-bond acceptors (Lipinski definition) is 3. The molecule has 2 rings (SSSR count). The van der Waals surface area contributed by atoms with Gasteiger partial charge in [-0.15, -0.1) is 0 Å². The van der Waals surface area contributed by atoms with Gasteiger partial charge in [-0.1, -0.05) is 0 Å². The number of hydrogen-bond donors (Lipinski definition) is 2. The van der Waals surface area contributed by atoms with Crippen LogP contribution in [-0.2, 0) is 11.2 Å². The highest BCUT2D eigenvalue weighted by molar-refractivity contribution is 5.74. The van der Waals surface area contributed by atoms with Crippen LogP contribution < -0.4 is 5.32 Å². The van der Waals surface area contributed by atoms with Crippen molar-refractivity contribution in [1.82, 2.24) is 15.3 Å². The highest BCUT2D eigenvalue weighted by atomic mass is 19.1. The lowest BCUT2D eigenvalue weighted by atomic mass is 10.2. The number of imidazole rings is 1. The van der Waals surface area contributed by atoms with E-state index in [1.54, 1.807) is 13.2 Å². The van der Waals surface area contributed by atoms with Crippen molar-refractivity contribution in [2.45, 2.75) is 25.8 Å². The molecule has 0 saturated carbocycles. The van der Waals surface area contributed by atoms with Gasteiger partial charge in [0.1, 0.15) is 11.6 Å². The van der Waals surface area contributed by atoms with Gasteiger partial charge >= 0.3 is 0 Å². The van der Waals surface area contributed by atoms with Crippen LogP contribution in [0.2, 0.25) is 0 Å². The molecular weight excluding hydrogens is 245 g/mol. The van der Waals surface area contributed by atoms with Crippen molar-refractivity contribution in [2.24, 2.45) is 0 Å². The van der Waals surface area contributed by atoms with E-state index in [2.05, 4.69) is 22.2 Å². The summed E-state index contributed by atoms with van der Waals surface area (Å²) >= 11 is 0. The third kappa shape index (κ3) is 4.01. The van der Waals surface area contributed by atoms with Crippen LogP contribution in [0, 0.1) is 5.82 Å². The Hall–Kier alpha value is -1.46. The number of nitrogens with one attached hydrogen (secondary N) is 2. The maximum absolute atomic E-state index is 13.0. The van der Waals surface area contributed by atoms with Crippen molar-refractivity contribution in [2.75, 3.05) is 20.3 Å². The minimum atomic E-state index is -0.238. The summed E-state index contributed by atoms with van der Waals surface area (Å²) in [6, 6.07) is 4.96. The van der Waals surface area contributed by atoms with E-state index >= 15 is 0 Å². The first kappa shape index (κ1) is 14.0. The molecule has 1 aromatic carbocycles. The molecule has 2 N–H and O–H groups in total. The van der Waals surface area contributed by atoms with Gasteiger partial charge in [-0.3, -0.25) is 0 Å². The molecule has 0 saturated heterocycles. The topological polar surface area (TPSA) is 49.9 Å². The molecule has 19 heavy (non-hydrogen) atoms. The third-order valence-electron chi connectivity index (χ3n) is 2.99. The lowest BCUT2D eigenvalue weighted by Gasteiger charge is -2.11. The van der Waals surface area contributed by atoms with E-state index in [1.807, 2.05) is 0 Å². The van der Waals surface area contributed by atoms with Gasteiger partial charge < -0.3 is 15.0 Å². The first-order valence-corrected chi connectivity index (χ1v) is 6.55. The number of methoxy groups -OCH3 is 1. The number of aromatic nitrogens is 2. The summed E-state index contributed by atoms with van der Waals surface area (Å²) in [6.45, 7) is 3.72. The van der Waals surface area contributed by atoms with E-state index in [4.69, 9.17) is 4.74 Å². The molecule has 0 fully saturated rings. The minimum absolute atomic E-state index is 0.238. The van der Waals surface area contributed by atoms with Gasteiger partial charge in [0.25, 0.3) is 0 Å². The van der Waals surface area contributed by atoms with Gasteiger partial charge in [-0.05, 0) is 38.1 Å². The van der Waals surface area contributed by atoms with E-state index in [-0.39, 0.29) is 5.82 Å². The SMILES string of the molecule is COCC(C)NCCCc1nc2ccc(F)cc2[nH]1. The smallest absolute Gasteiger partial charge is 0.125 e. The quantitative estimate of drug-likeness (QED) is 0.755. The molecule has 104 valence electrons. The Morgan fingerprint density at radius 2 is 2.32 bits per heavy atom. The van der Waals surface area contributed by atoms with E-state index in [1.165, 1.54) is 12.1 Å². The second-order valence-electron chi connectivity index (χ2n) is 4.76. The highest BCUT2D eigenvalue weighted by Crippen LogP contribution is 2.13. The van der Waals surface area contributed by atoms with E-state index in [0.717, 1.165) is 36.2 Å². The molecule has 1 aromatic heterocycles. The van der Waals surface area contributed by atoms with Crippen molar-refractivity contribution < 1.29 is 9.13 Å². The molecule has 0 aliphatic heterocycles. The van der Waals surface area contributed by atoms with Crippen molar-refractivity contribution >= 4 is 11.0 Å². The largest absolute Gasteiger partial charge is 0.383 e. The zero-order chi connectivity index (χ0) is 13.7. The first-order chi connectivity index (χ1) is 9.19. The number of aryl methyl sites for hydroxylation is 1. The second-order valence-corrected chi connectivity index (χ2v) is 4.76. The van der Waals surface area contributed by atoms with Gasteiger partial charge in [0.2, 0.25) is 0 Å².